The van der Waals surface area contributed by atoms with E-state index in [1.165, 1.54) is 24.3 Å². The molecule has 0 saturated carbocycles. The summed E-state index contributed by atoms with van der Waals surface area (Å²) in [6.07, 6.45) is 0.423. The van der Waals surface area contributed by atoms with Gasteiger partial charge >= 0.3 is 0 Å². The predicted octanol–water partition coefficient (Wildman–Crippen LogP) is 3.36. The topological polar surface area (TPSA) is 87.3 Å². The molecular weight excluding hydrogens is 373 g/mol. The van der Waals surface area contributed by atoms with E-state index >= 15 is 0 Å². The molecule has 0 spiro atoms. The Balaban J connectivity index is 1.78. The van der Waals surface area contributed by atoms with Gasteiger partial charge in [0.1, 0.15) is 5.82 Å². The number of nitrogens with one attached hydrogen (secondary N) is 3. The van der Waals surface area contributed by atoms with Gasteiger partial charge in [-0.2, -0.15) is 0 Å². The standard InChI is InChI=1S/C22H26FN3O3/c1-22(2,3)14-19(27)24-12-13-25-20(28)15-6-10-18(11-7-15)26-21(29)16-4-8-17(23)9-5-16/h4-11H,12-14H2,1-3H3,(H,24,27)(H,25,28)(H,26,29). The van der Waals surface area contributed by atoms with Gasteiger partial charge in [-0.1, -0.05) is 20.8 Å². The average molecular weight is 399 g/mol. The van der Waals surface area contributed by atoms with E-state index in [1.54, 1.807) is 24.3 Å². The van der Waals surface area contributed by atoms with Crippen molar-refractivity contribution < 1.29 is 18.8 Å². The fraction of sp³-hybridized carbons (Fsp3) is 0.318. The molecule has 0 fully saturated rings. The van der Waals surface area contributed by atoms with Crippen molar-refractivity contribution in [1.82, 2.24) is 10.6 Å². The number of amides is 3. The van der Waals surface area contributed by atoms with Gasteiger partial charge in [-0.3, -0.25) is 14.4 Å². The van der Waals surface area contributed by atoms with Crippen molar-refractivity contribution in [3.63, 3.8) is 0 Å². The number of halogens is 1. The minimum atomic E-state index is -0.411. The molecule has 29 heavy (non-hydrogen) atoms. The number of hydrogen-bond donors (Lipinski definition) is 3. The number of benzene rings is 2. The normalized spacial score (nSPS) is 10.9. The molecule has 6 nitrogen and oxygen atoms in total. The van der Waals surface area contributed by atoms with Crippen molar-refractivity contribution in [2.24, 2.45) is 5.41 Å². The molecule has 7 heteroatoms. The molecule has 0 atom stereocenters. The van der Waals surface area contributed by atoms with E-state index < -0.39 is 5.82 Å². The van der Waals surface area contributed by atoms with E-state index in [1.807, 2.05) is 20.8 Å². The van der Waals surface area contributed by atoms with E-state index in [0.717, 1.165) is 0 Å². The lowest BCUT2D eigenvalue weighted by Crippen LogP contribution is -2.35. The smallest absolute Gasteiger partial charge is 0.255 e. The van der Waals surface area contributed by atoms with Crippen LogP contribution in [0.3, 0.4) is 0 Å². The Hall–Kier alpha value is -3.22. The van der Waals surface area contributed by atoms with E-state index in [4.69, 9.17) is 0 Å². The fourth-order valence-corrected chi connectivity index (χ4v) is 2.53. The third-order valence-electron chi connectivity index (χ3n) is 3.93. The van der Waals surface area contributed by atoms with Crippen LogP contribution >= 0.6 is 0 Å². The zero-order valence-electron chi connectivity index (χ0n) is 16.8. The third kappa shape index (κ3) is 7.73. The van der Waals surface area contributed by atoms with Gasteiger partial charge < -0.3 is 16.0 Å². The van der Waals surface area contributed by atoms with E-state index in [9.17, 15) is 18.8 Å². The first-order chi connectivity index (χ1) is 13.6. The molecule has 0 aliphatic carbocycles. The first kappa shape index (κ1) is 22.1. The lowest BCUT2D eigenvalue weighted by molar-refractivity contribution is -0.122. The first-order valence-corrected chi connectivity index (χ1v) is 9.36. The van der Waals surface area contributed by atoms with E-state index in [2.05, 4.69) is 16.0 Å². The molecule has 0 heterocycles. The van der Waals surface area contributed by atoms with Gasteiger partial charge in [0.2, 0.25) is 5.91 Å². The predicted molar refractivity (Wildman–Crippen MR) is 110 cm³/mol. The maximum atomic E-state index is 12.9. The highest BCUT2D eigenvalue weighted by Crippen LogP contribution is 2.17. The summed E-state index contributed by atoms with van der Waals surface area (Å²) < 4.78 is 12.9. The molecule has 2 rings (SSSR count). The number of anilines is 1. The number of rotatable bonds is 7. The van der Waals surface area contributed by atoms with E-state index in [0.29, 0.717) is 36.3 Å². The van der Waals surface area contributed by atoms with Crippen LogP contribution in [0.4, 0.5) is 10.1 Å². The molecule has 3 N–H and O–H groups in total. The molecule has 0 radical (unpaired) electrons. The second-order valence-electron chi connectivity index (χ2n) is 7.88. The van der Waals surface area contributed by atoms with Gasteiger partial charge in [0.25, 0.3) is 11.8 Å². The quantitative estimate of drug-likeness (QED) is 0.624. The van der Waals surface area contributed by atoms with Crippen LogP contribution in [0.1, 0.15) is 47.9 Å². The first-order valence-electron chi connectivity index (χ1n) is 9.36. The van der Waals surface area contributed by atoms with Gasteiger partial charge in [0.15, 0.2) is 0 Å². The minimum Gasteiger partial charge on any atom is -0.354 e. The Kier molecular flexibility index (Phi) is 7.47. The molecule has 0 aliphatic rings. The minimum absolute atomic E-state index is 0.0482. The summed E-state index contributed by atoms with van der Waals surface area (Å²) in [6.45, 7) is 6.63. The average Bonchev–Trinajstić information content (AvgIpc) is 2.64. The zero-order chi connectivity index (χ0) is 21.4. The SMILES string of the molecule is CC(C)(C)CC(=O)NCCNC(=O)c1ccc(NC(=O)c2ccc(F)cc2)cc1. The summed E-state index contributed by atoms with van der Waals surface area (Å²) in [7, 11) is 0. The summed E-state index contributed by atoms with van der Waals surface area (Å²) in [5.41, 5.74) is 1.21. The molecule has 0 unspecified atom stereocenters. The van der Waals surface area contributed by atoms with Crippen molar-refractivity contribution in [3.05, 3.63) is 65.5 Å². The maximum Gasteiger partial charge on any atom is 0.255 e. The molecule has 0 aliphatic heterocycles. The zero-order valence-corrected chi connectivity index (χ0v) is 16.8. The van der Waals surface area contributed by atoms with Gasteiger partial charge in [-0.05, 0) is 53.9 Å². The highest BCUT2D eigenvalue weighted by molar-refractivity contribution is 6.04. The summed E-state index contributed by atoms with van der Waals surface area (Å²) >= 11 is 0. The fourth-order valence-electron chi connectivity index (χ4n) is 2.53. The summed E-state index contributed by atoms with van der Waals surface area (Å²) in [5, 5.41) is 8.19. The van der Waals surface area contributed by atoms with Crippen LogP contribution in [0.2, 0.25) is 0 Å². The lowest BCUT2D eigenvalue weighted by atomic mass is 9.92. The van der Waals surface area contributed by atoms with Crippen LogP contribution in [0.5, 0.6) is 0 Å². The van der Waals surface area contributed by atoms with Crippen LogP contribution in [0, 0.1) is 11.2 Å². The van der Waals surface area contributed by atoms with Gasteiger partial charge in [-0.15, -0.1) is 0 Å². The Morgan fingerprint density at radius 3 is 1.90 bits per heavy atom. The van der Waals surface area contributed by atoms with Crippen molar-refractivity contribution >= 4 is 23.4 Å². The Morgan fingerprint density at radius 1 is 0.793 bits per heavy atom. The molecular formula is C22H26FN3O3. The van der Waals surface area contributed by atoms with Gasteiger partial charge in [0.05, 0.1) is 0 Å². The third-order valence-corrected chi connectivity index (χ3v) is 3.93. The molecule has 2 aromatic rings. The Labute approximate surface area is 169 Å². The van der Waals surface area contributed by atoms with Crippen LogP contribution in [0.25, 0.3) is 0 Å². The second kappa shape index (κ2) is 9.82. The monoisotopic (exact) mass is 399 g/mol. The molecule has 3 amide bonds. The largest absolute Gasteiger partial charge is 0.354 e. The van der Waals surface area contributed by atoms with Crippen molar-refractivity contribution in [2.45, 2.75) is 27.2 Å². The van der Waals surface area contributed by atoms with E-state index in [-0.39, 0.29) is 23.1 Å². The summed E-state index contributed by atoms with van der Waals surface area (Å²) in [6, 6.07) is 11.6. The molecule has 154 valence electrons. The second-order valence-corrected chi connectivity index (χ2v) is 7.88. The van der Waals surface area contributed by atoms with Crippen molar-refractivity contribution in [2.75, 3.05) is 18.4 Å². The Bertz CT molecular complexity index is 856. The highest BCUT2D eigenvalue weighted by Gasteiger charge is 2.15. The lowest BCUT2D eigenvalue weighted by Gasteiger charge is -2.17. The van der Waals surface area contributed by atoms with Crippen molar-refractivity contribution in [1.29, 1.82) is 0 Å². The molecule has 2 aromatic carbocycles. The highest BCUT2D eigenvalue weighted by atomic mass is 19.1. The number of hydrogen-bond acceptors (Lipinski definition) is 3. The van der Waals surface area contributed by atoms with Gasteiger partial charge in [-0.25, -0.2) is 4.39 Å². The van der Waals surface area contributed by atoms with Crippen molar-refractivity contribution in [3.8, 4) is 0 Å². The summed E-state index contributed by atoms with van der Waals surface area (Å²) in [4.78, 5) is 36.0. The number of carbonyl (C=O) groups excluding carboxylic acids is 3. The summed E-state index contributed by atoms with van der Waals surface area (Å²) in [5.74, 6) is -1.10. The maximum absolute atomic E-state index is 12.9. The van der Waals surface area contributed by atoms with Crippen LogP contribution in [0.15, 0.2) is 48.5 Å². The Morgan fingerprint density at radius 2 is 1.31 bits per heavy atom. The van der Waals surface area contributed by atoms with Gasteiger partial charge in [0, 0.05) is 36.3 Å². The van der Waals surface area contributed by atoms with Crippen LogP contribution < -0.4 is 16.0 Å². The van der Waals surface area contributed by atoms with Crippen LogP contribution in [-0.2, 0) is 4.79 Å². The molecule has 0 aromatic heterocycles. The molecule has 0 saturated heterocycles. The number of carbonyl (C=O) groups is 3. The molecule has 0 bridgehead atoms. The van der Waals surface area contributed by atoms with Crippen LogP contribution in [-0.4, -0.2) is 30.8 Å².